The van der Waals surface area contributed by atoms with Gasteiger partial charge < -0.3 is 15.5 Å². The van der Waals surface area contributed by atoms with E-state index in [1.54, 1.807) is 42.2 Å². The number of hydrogen-bond acceptors (Lipinski definition) is 5. The monoisotopic (exact) mass is 470 g/mol. The maximum absolute atomic E-state index is 13.2. The van der Waals surface area contributed by atoms with Crippen LogP contribution >= 0.6 is 0 Å². The molecule has 0 aliphatic carbocycles. The van der Waals surface area contributed by atoms with Crippen LogP contribution in [0, 0.1) is 5.41 Å². The van der Waals surface area contributed by atoms with Gasteiger partial charge in [0.15, 0.2) is 0 Å². The molecule has 0 saturated carbocycles. The van der Waals surface area contributed by atoms with Crippen molar-refractivity contribution in [3.63, 3.8) is 0 Å². The van der Waals surface area contributed by atoms with Crippen molar-refractivity contribution in [2.24, 2.45) is 0 Å². The van der Waals surface area contributed by atoms with Crippen molar-refractivity contribution < 1.29 is 22.8 Å². The van der Waals surface area contributed by atoms with Gasteiger partial charge in [0.1, 0.15) is 17.7 Å². The van der Waals surface area contributed by atoms with E-state index in [1.807, 2.05) is 0 Å². The van der Waals surface area contributed by atoms with Crippen LogP contribution in [0.15, 0.2) is 72.6 Å². The number of carbonyl (C=O) groups excluding carboxylic acids is 2. The van der Waals surface area contributed by atoms with E-state index >= 15 is 0 Å². The molecule has 9 heteroatoms. The van der Waals surface area contributed by atoms with Gasteiger partial charge in [0.05, 0.1) is 17.3 Å². The highest BCUT2D eigenvalue weighted by atomic mass is 19.4. The number of alkyl halides is 3. The first-order chi connectivity index (χ1) is 16.1. The zero-order valence-electron chi connectivity index (χ0n) is 18.6. The van der Waals surface area contributed by atoms with Gasteiger partial charge >= 0.3 is 6.18 Å². The Hall–Kier alpha value is -3.88. The second-order valence-corrected chi connectivity index (χ2v) is 7.87. The maximum atomic E-state index is 13.2. The zero-order chi connectivity index (χ0) is 24.9. The molecule has 1 aliphatic rings. The predicted molar refractivity (Wildman–Crippen MR) is 123 cm³/mol. The standard InChI is InChI=1S/C25H25F3N4O2/c1-3-21(29)22(24(34)31-16(2)19-9-7-17(15-33)8-10-19)23-30-11-12-32(23)14-18-5-4-6-20(13-18)25(26,27)28/h3-10,13,15-16,29-30H,1,11-12,14H2,2H3,(H,31,34)/b23-22-,29-21?. The summed E-state index contributed by atoms with van der Waals surface area (Å²) in [6, 6.07) is 11.4. The maximum Gasteiger partial charge on any atom is 0.416 e. The first-order valence-corrected chi connectivity index (χ1v) is 10.6. The smallest absolute Gasteiger partial charge is 0.369 e. The van der Waals surface area contributed by atoms with Gasteiger partial charge in [-0.1, -0.05) is 43.0 Å². The summed E-state index contributed by atoms with van der Waals surface area (Å²) in [4.78, 5) is 25.8. The molecule has 2 aromatic rings. The molecule has 3 N–H and O–H groups in total. The second-order valence-electron chi connectivity index (χ2n) is 7.87. The fourth-order valence-electron chi connectivity index (χ4n) is 3.68. The van der Waals surface area contributed by atoms with Crippen LogP contribution in [0.1, 0.15) is 40.0 Å². The van der Waals surface area contributed by atoms with Crippen LogP contribution in [0.5, 0.6) is 0 Å². The molecular weight excluding hydrogens is 445 g/mol. The van der Waals surface area contributed by atoms with Gasteiger partial charge in [0.25, 0.3) is 5.91 Å². The Morgan fingerprint density at radius 2 is 1.97 bits per heavy atom. The third-order valence-corrected chi connectivity index (χ3v) is 5.48. The van der Waals surface area contributed by atoms with Gasteiger partial charge in [-0.3, -0.25) is 15.0 Å². The normalized spacial score (nSPS) is 15.8. The number of hydrogen-bond donors (Lipinski definition) is 3. The summed E-state index contributed by atoms with van der Waals surface area (Å²) in [7, 11) is 0. The summed E-state index contributed by atoms with van der Waals surface area (Å²) >= 11 is 0. The van der Waals surface area contributed by atoms with Gasteiger partial charge in [-0.15, -0.1) is 0 Å². The molecule has 0 spiro atoms. The first kappa shape index (κ1) is 24.8. The van der Waals surface area contributed by atoms with E-state index in [1.165, 1.54) is 12.1 Å². The Morgan fingerprint density at radius 1 is 1.26 bits per heavy atom. The molecule has 0 aromatic heterocycles. The predicted octanol–water partition coefficient (Wildman–Crippen LogP) is 4.22. The second kappa shape index (κ2) is 10.4. The number of benzene rings is 2. The highest BCUT2D eigenvalue weighted by Gasteiger charge is 2.31. The van der Waals surface area contributed by atoms with Gasteiger partial charge in [-0.05, 0) is 36.3 Å². The number of aldehydes is 1. The molecule has 1 fully saturated rings. The quantitative estimate of drug-likeness (QED) is 0.306. The number of rotatable bonds is 8. The molecule has 3 rings (SSSR count). The molecule has 1 amide bonds. The Morgan fingerprint density at radius 3 is 2.59 bits per heavy atom. The molecule has 0 radical (unpaired) electrons. The van der Waals surface area contributed by atoms with Crippen molar-refractivity contribution in [2.75, 3.05) is 13.1 Å². The average molecular weight is 470 g/mol. The van der Waals surface area contributed by atoms with E-state index in [0.29, 0.717) is 30.0 Å². The molecule has 6 nitrogen and oxygen atoms in total. The van der Waals surface area contributed by atoms with Gasteiger partial charge in [-0.2, -0.15) is 13.2 Å². The van der Waals surface area contributed by atoms with Crippen molar-refractivity contribution in [3.8, 4) is 0 Å². The van der Waals surface area contributed by atoms with Crippen LogP contribution in [-0.4, -0.2) is 35.9 Å². The molecule has 1 saturated heterocycles. The van der Waals surface area contributed by atoms with Crippen molar-refractivity contribution >= 4 is 17.9 Å². The largest absolute Gasteiger partial charge is 0.416 e. The van der Waals surface area contributed by atoms with E-state index in [0.717, 1.165) is 24.0 Å². The molecule has 178 valence electrons. The van der Waals surface area contributed by atoms with Crippen LogP contribution < -0.4 is 10.6 Å². The molecule has 1 heterocycles. The lowest BCUT2D eigenvalue weighted by atomic mass is 10.0. The van der Waals surface area contributed by atoms with Crippen LogP contribution in [0.3, 0.4) is 0 Å². The van der Waals surface area contributed by atoms with Crippen molar-refractivity contribution in [1.29, 1.82) is 5.41 Å². The SMILES string of the molecule is C=CC(=N)/C(C(=O)NC(C)c1ccc(C=O)cc1)=C1\NCCN1Cc1cccc(C(F)(F)F)c1. The number of nitrogens with zero attached hydrogens (tertiary/aromatic N) is 1. The topological polar surface area (TPSA) is 85.3 Å². The molecule has 34 heavy (non-hydrogen) atoms. The fourth-order valence-corrected chi connectivity index (χ4v) is 3.68. The highest BCUT2D eigenvalue weighted by Crippen LogP contribution is 2.30. The number of halogens is 3. The van der Waals surface area contributed by atoms with E-state index in [2.05, 4.69) is 17.2 Å². The Kier molecular flexibility index (Phi) is 7.55. The lowest BCUT2D eigenvalue weighted by Crippen LogP contribution is -2.35. The van der Waals surface area contributed by atoms with Crippen LogP contribution in [0.2, 0.25) is 0 Å². The van der Waals surface area contributed by atoms with E-state index in [9.17, 15) is 22.8 Å². The Labute approximate surface area is 195 Å². The summed E-state index contributed by atoms with van der Waals surface area (Å²) in [6.07, 6.45) is -2.48. The third kappa shape index (κ3) is 5.72. The van der Waals surface area contributed by atoms with Crippen molar-refractivity contribution in [1.82, 2.24) is 15.5 Å². The van der Waals surface area contributed by atoms with Crippen molar-refractivity contribution in [2.45, 2.75) is 25.7 Å². The Bertz CT molecular complexity index is 1120. The summed E-state index contributed by atoms with van der Waals surface area (Å²) < 4.78 is 39.3. The van der Waals surface area contributed by atoms with E-state index in [-0.39, 0.29) is 17.8 Å². The molecular formula is C25H25F3N4O2. The summed E-state index contributed by atoms with van der Waals surface area (Å²) in [5.74, 6) is -0.154. The molecule has 1 unspecified atom stereocenters. The van der Waals surface area contributed by atoms with Crippen LogP contribution in [0.25, 0.3) is 0 Å². The lowest BCUT2D eigenvalue weighted by molar-refractivity contribution is -0.137. The van der Waals surface area contributed by atoms with Crippen LogP contribution in [0.4, 0.5) is 13.2 Å². The Balaban J connectivity index is 1.87. The average Bonchev–Trinajstić information content (AvgIpc) is 3.26. The number of nitrogens with one attached hydrogen (secondary N) is 3. The lowest BCUT2D eigenvalue weighted by Gasteiger charge is -2.23. The zero-order valence-corrected chi connectivity index (χ0v) is 18.6. The summed E-state index contributed by atoms with van der Waals surface area (Å²) in [5, 5.41) is 14.2. The molecule has 2 aromatic carbocycles. The van der Waals surface area contributed by atoms with Gasteiger partial charge in [0, 0.05) is 25.2 Å². The fraction of sp³-hybridized carbons (Fsp3) is 0.240. The van der Waals surface area contributed by atoms with Gasteiger partial charge in [-0.25, -0.2) is 0 Å². The number of carbonyl (C=O) groups is 2. The molecule has 0 bridgehead atoms. The first-order valence-electron chi connectivity index (χ1n) is 10.6. The number of amides is 1. The third-order valence-electron chi connectivity index (χ3n) is 5.48. The number of allylic oxidation sites excluding steroid dienone is 1. The summed E-state index contributed by atoms with van der Waals surface area (Å²) in [5.41, 5.74) is 0.918. The minimum Gasteiger partial charge on any atom is -0.369 e. The van der Waals surface area contributed by atoms with Gasteiger partial charge in [0.2, 0.25) is 0 Å². The minimum atomic E-state index is -4.45. The summed E-state index contributed by atoms with van der Waals surface area (Å²) in [6.45, 7) is 6.43. The van der Waals surface area contributed by atoms with E-state index in [4.69, 9.17) is 5.41 Å². The molecule has 1 atom stereocenters. The van der Waals surface area contributed by atoms with E-state index < -0.39 is 23.7 Å². The highest BCUT2D eigenvalue weighted by molar-refractivity contribution is 6.25. The molecule has 1 aliphatic heterocycles. The van der Waals surface area contributed by atoms with Crippen molar-refractivity contribution in [3.05, 3.63) is 94.8 Å². The van der Waals surface area contributed by atoms with Crippen LogP contribution in [-0.2, 0) is 17.5 Å². The minimum absolute atomic E-state index is 0.0517.